The maximum absolute atomic E-state index is 11.7. The summed E-state index contributed by atoms with van der Waals surface area (Å²) in [6, 6.07) is 8.48. The van der Waals surface area contributed by atoms with Crippen molar-refractivity contribution in [3.63, 3.8) is 0 Å². The highest BCUT2D eigenvalue weighted by atomic mass is 32.2. The second-order valence-corrected chi connectivity index (χ2v) is 11.0. The van der Waals surface area contributed by atoms with Gasteiger partial charge in [-0.1, -0.05) is 18.2 Å². The Morgan fingerprint density at radius 3 is 2.61 bits per heavy atom. The Morgan fingerprint density at radius 2 is 1.90 bits per heavy atom. The first-order valence-corrected chi connectivity index (χ1v) is 13.0. The molecule has 4 rings (SSSR count). The first kappa shape index (κ1) is 22.2. The fourth-order valence-corrected chi connectivity index (χ4v) is 5.93. The van der Waals surface area contributed by atoms with E-state index in [2.05, 4.69) is 16.8 Å². The summed E-state index contributed by atoms with van der Waals surface area (Å²) >= 11 is 0. The second kappa shape index (κ2) is 9.26. The molecule has 2 fully saturated rings. The van der Waals surface area contributed by atoms with Crippen LogP contribution in [0.2, 0.25) is 0 Å². The summed E-state index contributed by atoms with van der Waals surface area (Å²) in [6.07, 6.45) is 6.95. The fraction of sp³-hybridized carbons (Fsp3) is 0.636. The van der Waals surface area contributed by atoms with Gasteiger partial charge < -0.3 is 5.11 Å². The molecule has 1 N–H and O–H groups in total. The average molecular weight is 449 g/mol. The Balaban J connectivity index is 1.45. The Labute approximate surface area is 183 Å². The Morgan fingerprint density at radius 1 is 1.16 bits per heavy atom. The molecule has 9 heteroatoms. The van der Waals surface area contributed by atoms with E-state index in [1.54, 1.807) is 4.31 Å². The molecule has 1 aromatic heterocycles. The number of carboxylic acid groups (broad SMARTS) is 1. The molecular weight excluding hydrogens is 416 g/mol. The molecule has 1 atom stereocenters. The fourth-order valence-electron chi connectivity index (χ4n) is 5.05. The molecule has 31 heavy (non-hydrogen) atoms. The molecule has 0 bridgehead atoms. The van der Waals surface area contributed by atoms with Crippen LogP contribution in [0, 0.1) is 5.92 Å². The molecule has 2 aliphatic heterocycles. The summed E-state index contributed by atoms with van der Waals surface area (Å²) in [6.45, 7) is 2.83. The molecule has 2 saturated heterocycles. The van der Waals surface area contributed by atoms with Crippen LogP contribution in [0.1, 0.15) is 43.8 Å². The topological polar surface area (TPSA) is 95.7 Å². The molecule has 0 amide bonds. The summed E-state index contributed by atoms with van der Waals surface area (Å²) in [5, 5.41) is 15.3. The van der Waals surface area contributed by atoms with Crippen molar-refractivity contribution >= 4 is 26.9 Å². The summed E-state index contributed by atoms with van der Waals surface area (Å²) in [4.78, 5) is 13.1. The van der Waals surface area contributed by atoms with Gasteiger partial charge in [-0.3, -0.25) is 14.4 Å². The number of para-hydroxylation sites is 1. The van der Waals surface area contributed by atoms with Crippen molar-refractivity contribution in [1.29, 1.82) is 0 Å². The number of hydrogen-bond acceptors (Lipinski definition) is 5. The van der Waals surface area contributed by atoms with E-state index in [-0.39, 0.29) is 12.6 Å². The van der Waals surface area contributed by atoms with E-state index < -0.39 is 16.0 Å². The van der Waals surface area contributed by atoms with Gasteiger partial charge in [0.05, 0.1) is 30.1 Å². The minimum absolute atomic E-state index is 0.0781. The SMILES string of the molecule is CS(=O)(=O)N1CCC(CCc2nn(C3CCCN(CC(=O)O)C3)c3ccccc23)CC1. The van der Waals surface area contributed by atoms with Crippen molar-refractivity contribution in [1.82, 2.24) is 19.0 Å². The lowest BCUT2D eigenvalue weighted by Crippen LogP contribution is -2.39. The largest absolute Gasteiger partial charge is 0.480 e. The molecular formula is C22H32N4O4S. The van der Waals surface area contributed by atoms with Gasteiger partial charge in [-0.15, -0.1) is 0 Å². The minimum Gasteiger partial charge on any atom is -0.480 e. The van der Waals surface area contributed by atoms with Gasteiger partial charge in [-0.25, -0.2) is 12.7 Å². The standard InChI is InChI=1S/C22H32N4O4S/c1-31(29,30)25-13-10-17(11-14-25)8-9-20-19-6-2-3-7-21(19)26(23-20)18-5-4-12-24(15-18)16-22(27)28/h2-3,6-7,17-18H,4-5,8-16H2,1H3,(H,27,28). The van der Waals surface area contributed by atoms with E-state index in [0.717, 1.165) is 56.3 Å². The predicted molar refractivity (Wildman–Crippen MR) is 120 cm³/mol. The molecule has 170 valence electrons. The molecule has 0 aliphatic carbocycles. The number of rotatable bonds is 7. The number of benzene rings is 1. The lowest BCUT2D eigenvalue weighted by molar-refractivity contribution is -0.138. The van der Waals surface area contributed by atoms with Crippen LogP contribution in [0.5, 0.6) is 0 Å². The Hall–Kier alpha value is -1.97. The van der Waals surface area contributed by atoms with Crippen molar-refractivity contribution in [2.75, 3.05) is 39.0 Å². The summed E-state index contributed by atoms with van der Waals surface area (Å²) < 4.78 is 27.2. The second-order valence-electron chi connectivity index (χ2n) is 8.98. The summed E-state index contributed by atoms with van der Waals surface area (Å²) in [7, 11) is -3.09. The normalized spacial score (nSPS) is 22.2. The number of hydrogen-bond donors (Lipinski definition) is 1. The van der Waals surface area contributed by atoms with E-state index in [1.807, 2.05) is 17.0 Å². The van der Waals surface area contributed by atoms with Gasteiger partial charge >= 0.3 is 5.97 Å². The number of fused-ring (bicyclic) bond motifs is 1. The number of carbonyl (C=O) groups is 1. The van der Waals surface area contributed by atoms with Crippen LogP contribution >= 0.6 is 0 Å². The number of aromatic nitrogens is 2. The number of aryl methyl sites for hydroxylation is 1. The molecule has 0 spiro atoms. The van der Waals surface area contributed by atoms with E-state index in [4.69, 9.17) is 10.2 Å². The number of nitrogens with zero attached hydrogens (tertiary/aromatic N) is 4. The molecule has 0 saturated carbocycles. The van der Waals surface area contributed by atoms with Crippen molar-refractivity contribution in [2.45, 2.75) is 44.6 Å². The minimum atomic E-state index is -3.09. The van der Waals surface area contributed by atoms with Crippen LogP contribution in [-0.2, 0) is 21.2 Å². The quantitative estimate of drug-likeness (QED) is 0.699. The first-order valence-electron chi connectivity index (χ1n) is 11.2. The van der Waals surface area contributed by atoms with Gasteiger partial charge in [0.25, 0.3) is 0 Å². The van der Waals surface area contributed by atoms with E-state index >= 15 is 0 Å². The third-order valence-corrected chi connectivity index (χ3v) is 8.01. The van der Waals surface area contributed by atoms with Crippen LogP contribution in [-0.4, -0.2) is 77.5 Å². The molecule has 1 aromatic carbocycles. The van der Waals surface area contributed by atoms with Gasteiger partial charge in [0.2, 0.25) is 10.0 Å². The van der Waals surface area contributed by atoms with Crippen LogP contribution in [0.25, 0.3) is 10.9 Å². The van der Waals surface area contributed by atoms with Crippen LogP contribution in [0.4, 0.5) is 0 Å². The number of aliphatic carboxylic acids is 1. The first-order chi connectivity index (χ1) is 14.8. The molecule has 0 radical (unpaired) electrons. The van der Waals surface area contributed by atoms with Crippen LogP contribution < -0.4 is 0 Å². The molecule has 1 unspecified atom stereocenters. The zero-order valence-electron chi connectivity index (χ0n) is 18.1. The highest BCUT2D eigenvalue weighted by molar-refractivity contribution is 7.88. The highest BCUT2D eigenvalue weighted by Gasteiger charge is 2.27. The van der Waals surface area contributed by atoms with E-state index in [9.17, 15) is 13.2 Å². The van der Waals surface area contributed by atoms with Gasteiger partial charge in [0.1, 0.15) is 0 Å². The lowest BCUT2D eigenvalue weighted by atomic mass is 9.92. The molecule has 8 nitrogen and oxygen atoms in total. The molecule has 2 aliphatic rings. The lowest BCUT2D eigenvalue weighted by Gasteiger charge is -2.32. The smallest absolute Gasteiger partial charge is 0.317 e. The van der Waals surface area contributed by atoms with Gasteiger partial charge in [0, 0.05) is 25.0 Å². The van der Waals surface area contributed by atoms with E-state index in [1.165, 1.54) is 11.6 Å². The van der Waals surface area contributed by atoms with Crippen molar-refractivity contribution in [2.24, 2.45) is 5.92 Å². The highest BCUT2D eigenvalue weighted by Crippen LogP contribution is 2.30. The monoisotopic (exact) mass is 448 g/mol. The summed E-state index contributed by atoms with van der Waals surface area (Å²) in [5.74, 6) is -0.267. The average Bonchev–Trinajstić information content (AvgIpc) is 3.10. The van der Waals surface area contributed by atoms with E-state index in [0.29, 0.717) is 25.6 Å². The van der Waals surface area contributed by atoms with Crippen molar-refractivity contribution in [3.05, 3.63) is 30.0 Å². The van der Waals surface area contributed by atoms with Crippen LogP contribution in [0.15, 0.2) is 24.3 Å². The Bertz CT molecular complexity index is 1030. The third kappa shape index (κ3) is 5.27. The maximum Gasteiger partial charge on any atom is 0.317 e. The predicted octanol–water partition coefficient (Wildman–Crippen LogP) is 2.36. The molecule has 3 heterocycles. The number of piperidine rings is 2. The van der Waals surface area contributed by atoms with Gasteiger partial charge in [0.15, 0.2) is 0 Å². The number of sulfonamides is 1. The zero-order valence-corrected chi connectivity index (χ0v) is 18.9. The summed E-state index contributed by atoms with van der Waals surface area (Å²) in [5.41, 5.74) is 2.21. The third-order valence-electron chi connectivity index (χ3n) is 6.71. The van der Waals surface area contributed by atoms with Gasteiger partial charge in [-0.2, -0.15) is 5.10 Å². The number of carboxylic acids is 1. The van der Waals surface area contributed by atoms with Crippen LogP contribution in [0.3, 0.4) is 0 Å². The Kier molecular flexibility index (Phi) is 6.64. The zero-order chi connectivity index (χ0) is 22.0. The maximum atomic E-state index is 11.7. The van der Waals surface area contributed by atoms with Crippen molar-refractivity contribution in [3.8, 4) is 0 Å². The number of likely N-dealkylation sites (tertiary alicyclic amines) is 1. The van der Waals surface area contributed by atoms with Crippen molar-refractivity contribution < 1.29 is 18.3 Å². The molecule has 2 aromatic rings. The van der Waals surface area contributed by atoms with Gasteiger partial charge in [-0.05, 0) is 57.1 Å².